The van der Waals surface area contributed by atoms with Gasteiger partial charge in [-0.3, -0.25) is 4.79 Å². The maximum atomic E-state index is 12.4. The predicted octanol–water partition coefficient (Wildman–Crippen LogP) is 0.561. The van der Waals surface area contributed by atoms with E-state index in [1.165, 1.54) is 0 Å². The average molecular weight is 290 g/mol. The van der Waals surface area contributed by atoms with E-state index in [0.29, 0.717) is 24.6 Å². The second-order valence-electron chi connectivity index (χ2n) is 5.87. The molecular formula is C15H22N4O2. The highest BCUT2D eigenvalue weighted by Crippen LogP contribution is 2.21. The number of ether oxygens (including phenoxy) is 1. The molecule has 2 aliphatic rings. The molecule has 3 heterocycles. The Labute approximate surface area is 124 Å². The van der Waals surface area contributed by atoms with Crippen LogP contribution in [0.15, 0.2) is 6.07 Å². The number of pyridine rings is 1. The van der Waals surface area contributed by atoms with Crippen molar-refractivity contribution in [3.05, 3.63) is 22.9 Å². The number of anilines is 1. The van der Waals surface area contributed by atoms with Gasteiger partial charge in [-0.15, -0.1) is 0 Å². The number of carbonyl (C=O) groups is 1. The lowest BCUT2D eigenvalue weighted by Gasteiger charge is -2.26. The molecule has 1 saturated heterocycles. The smallest absolute Gasteiger partial charge is 0.255 e. The lowest BCUT2D eigenvalue weighted by atomic mass is 10.0. The van der Waals surface area contributed by atoms with Gasteiger partial charge in [-0.05, 0) is 31.5 Å². The fourth-order valence-corrected chi connectivity index (χ4v) is 2.92. The SMILES string of the molecule is CN1CCc2nc(N)c(C(=O)NC3CCOCC3)cc2C1. The van der Waals surface area contributed by atoms with Gasteiger partial charge >= 0.3 is 0 Å². The van der Waals surface area contributed by atoms with Crippen molar-refractivity contribution in [2.75, 3.05) is 32.5 Å². The quantitative estimate of drug-likeness (QED) is 0.832. The van der Waals surface area contributed by atoms with Crippen LogP contribution in [0.2, 0.25) is 0 Å². The molecule has 0 bridgehead atoms. The molecule has 0 spiro atoms. The van der Waals surface area contributed by atoms with Crippen LogP contribution >= 0.6 is 0 Å². The molecule has 0 aliphatic carbocycles. The van der Waals surface area contributed by atoms with Crippen molar-refractivity contribution in [1.29, 1.82) is 0 Å². The van der Waals surface area contributed by atoms with Crippen molar-refractivity contribution < 1.29 is 9.53 Å². The maximum absolute atomic E-state index is 12.4. The number of nitrogens with two attached hydrogens (primary N) is 1. The normalized spacial score (nSPS) is 20.0. The van der Waals surface area contributed by atoms with Crippen molar-refractivity contribution in [2.45, 2.75) is 31.8 Å². The van der Waals surface area contributed by atoms with Gasteiger partial charge in [0.15, 0.2) is 0 Å². The number of nitrogens with zero attached hydrogens (tertiary/aromatic N) is 2. The summed E-state index contributed by atoms with van der Waals surface area (Å²) in [5.41, 5.74) is 8.60. The van der Waals surface area contributed by atoms with Crippen LogP contribution < -0.4 is 11.1 Å². The standard InChI is InChI=1S/C15H22N4O2/c1-19-5-2-13-10(9-19)8-12(14(16)18-13)15(20)17-11-3-6-21-7-4-11/h8,11H,2-7,9H2,1H3,(H2,16,18)(H,17,20). The van der Waals surface area contributed by atoms with Crippen LogP contribution in [0.3, 0.4) is 0 Å². The summed E-state index contributed by atoms with van der Waals surface area (Å²) < 4.78 is 5.30. The molecule has 3 N–H and O–H groups in total. The van der Waals surface area contributed by atoms with E-state index in [9.17, 15) is 4.79 Å². The van der Waals surface area contributed by atoms with Gasteiger partial charge in [0.25, 0.3) is 5.91 Å². The molecule has 1 aromatic heterocycles. The van der Waals surface area contributed by atoms with Crippen molar-refractivity contribution in [3.8, 4) is 0 Å². The summed E-state index contributed by atoms with van der Waals surface area (Å²) in [6, 6.07) is 2.08. The summed E-state index contributed by atoms with van der Waals surface area (Å²) in [7, 11) is 2.07. The number of likely N-dealkylation sites (N-methyl/N-ethyl adjacent to an activating group) is 1. The summed E-state index contributed by atoms with van der Waals surface area (Å²) in [6.07, 6.45) is 2.59. The Morgan fingerprint density at radius 2 is 2.24 bits per heavy atom. The third-order valence-electron chi connectivity index (χ3n) is 4.19. The number of aromatic nitrogens is 1. The van der Waals surface area contributed by atoms with E-state index >= 15 is 0 Å². The molecular weight excluding hydrogens is 268 g/mol. The molecule has 0 saturated carbocycles. The summed E-state index contributed by atoms with van der Waals surface area (Å²) in [5.74, 6) is 0.214. The Balaban J connectivity index is 1.77. The van der Waals surface area contributed by atoms with Crippen LogP contribution in [0.25, 0.3) is 0 Å². The molecule has 1 aromatic rings. The van der Waals surface area contributed by atoms with E-state index in [1.807, 2.05) is 6.07 Å². The van der Waals surface area contributed by atoms with Gasteiger partial charge in [0.05, 0.1) is 5.56 Å². The largest absolute Gasteiger partial charge is 0.383 e. The van der Waals surface area contributed by atoms with E-state index in [0.717, 1.165) is 43.6 Å². The molecule has 0 unspecified atom stereocenters. The van der Waals surface area contributed by atoms with Crippen molar-refractivity contribution in [2.24, 2.45) is 0 Å². The molecule has 2 aliphatic heterocycles. The zero-order chi connectivity index (χ0) is 14.8. The topological polar surface area (TPSA) is 80.5 Å². The van der Waals surface area contributed by atoms with E-state index < -0.39 is 0 Å². The van der Waals surface area contributed by atoms with Crippen molar-refractivity contribution in [3.63, 3.8) is 0 Å². The number of hydrogen-bond acceptors (Lipinski definition) is 5. The van der Waals surface area contributed by atoms with E-state index in [-0.39, 0.29) is 11.9 Å². The zero-order valence-corrected chi connectivity index (χ0v) is 12.4. The summed E-state index contributed by atoms with van der Waals surface area (Å²) in [5, 5.41) is 3.04. The fourth-order valence-electron chi connectivity index (χ4n) is 2.92. The first-order valence-corrected chi connectivity index (χ1v) is 7.49. The van der Waals surface area contributed by atoms with Crippen LogP contribution in [0.1, 0.15) is 34.5 Å². The molecule has 1 amide bonds. The summed E-state index contributed by atoms with van der Waals surface area (Å²) >= 11 is 0. The predicted molar refractivity (Wildman–Crippen MR) is 80.0 cm³/mol. The van der Waals surface area contributed by atoms with Crippen LogP contribution in [0.4, 0.5) is 5.82 Å². The second kappa shape index (κ2) is 5.99. The minimum absolute atomic E-state index is 0.122. The van der Waals surface area contributed by atoms with Gasteiger partial charge in [0.2, 0.25) is 0 Å². The second-order valence-corrected chi connectivity index (χ2v) is 5.87. The highest BCUT2D eigenvalue weighted by Gasteiger charge is 2.22. The van der Waals surface area contributed by atoms with E-state index in [1.54, 1.807) is 0 Å². The highest BCUT2D eigenvalue weighted by molar-refractivity contribution is 5.98. The number of amides is 1. The molecule has 0 radical (unpaired) electrons. The van der Waals surface area contributed by atoms with E-state index in [2.05, 4.69) is 22.2 Å². The van der Waals surface area contributed by atoms with Crippen LogP contribution in [-0.2, 0) is 17.7 Å². The number of rotatable bonds is 2. The first kappa shape index (κ1) is 14.3. The molecule has 0 atom stereocenters. The van der Waals surface area contributed by atoms with Gasteiger partial charge in [-0.25, -0.2) is 4.98 Å². The first-order chi connectivity index (χ1) is 10.1. The van der Waals surface area contributed by atoms with Gasteiger partial charge in [0, 0.05) is 44.5 Å². The Bertz CT molecular complexity index is 541. The number of nitrogens with one attached hydrogen (secondary N) is 1. The van der Waals surface area contributed by atoms with Crippen LogP contribution in [0.5, 0.6) is 0 Å². The maximum Gasteiger partial charge on any atom is 0.255 e. The van der Waals surface area contributed by atoms with Crippen LogP contribution in [-0.4, -0.2) is 48.6 Å². The summed E-state index contributed by atoms with van der Waals surface area (Å²) in [4.78, 5) is 19.1. The molecule has 6 heteroatoms. The number of carbonyl (C=O) groups excluding carboxylic acids is 1. The fraction of sp³-hybridized carbons (Fsp3) is 0.600. The first-order valence-electron chi connectivity index (χ1n) is 7.49. The molecule has 3 rings (SSSR count). The monoisotopic (exact) mass is 290 g/mol. The molecule has 6 nitrogen and oxygen atoms in total. The highest BCUT2D eigenvalue weighted by atomic mass is 16.5. The lowest BCUT2D eigenvalue weighted by molar-refractivity contribution is 0.0696. The van der Waals surface area contributed by atoms with Gasteiger partial charge < -0.3 is 20.7 Å². The zero-order valence-electron chi connectivity index (χ0n) is 12.4. The Morgan fingerprint density at radius 3 is 3.00 bits per heavy atom. The van der Waals surface area contributed by atoms with Gasteiger partial charge in [0.1, 0.15) is 5.82 Å². The molecule has 1 fully saturated rings. The van der Waals surface area contributed by atoms with E-state index in [4.69, 9.17) is 10.5 Å². The third-order valence-corrected chi connectivity index (χ3v) is 4.19. The van der Waals surface area contributed by atoms with Gasteiger partial charge in [-0.1, -0.05) is 0 Å². The Morgan fingerprint density at radius 1 is 1.48 bits per heavy atom. The number of nitrogen functional groups attached to an aromatic ring is 1. The Kier molecular flexibility index (Phi) is 4.07. The lowest BCUT2D eigenvalue weighted by Crippen LogP contribution is -2.39. The minimum Gasteiger partial charge on any atom is -0.383 e. The average Bonchev–Trinajstić information content (AvgIpc) is 2.48. The van der Waals surface area contributed by atoms with Gasteiger partial charge in [-0.2, -0.15) is 0 Å². The minimum atomic E-state index is -0.122. The molecule has 114 valence electrons. The van der Waals surface area contributed by atoms with Crippen molar-refractivity contribution in [1.82, 2.24) is 15.2 Å². The molecule has 0 aromatic carbocycles. The Hall–Kier alpha value is -1.66. The number of hydrogen-bond donors (Lipinski definition) is 2. The molecule has 21 heavy (non-hydrogen) atoms. The third kappa shape index (κ3) is 3.16. The van der Waals surface area contributed by atoms with Crippen LogP contribution in [0, 0.1) is 0 Å². The number of fused-ring (bicyclic) bond motifs is 1. The van der Waals surface area contributed by atoms with Crippen molar-refractivity contribution >= 4 is 11.7 Å². The summed E-state index contributed by atoms with van der Waals surface area (Å²) in [6.45, 7) is 3.20.